The molecule has 2 aromatic carbocycles. The van der Waals surface area contributed by atoms with Gasteiger partial charge in [-0.3, -0.25) is 19.5 Å². The number of fused-ring (bicyclic) bond motifs is 2. The smallest absolute Gasteiger partial charge is 0.321 e. The van der Waals surface area contributed by atoms with Crippen LogP contribution in [0.2, 0.25) is 0 Å². The number of thioether (sulfide) groups is 1. The molecule has 0 aliphatic carbocycles. The molecule has 33 heavy (non-hydrogen) atoms. The lowest BCUT2D eigenvalue weighted by Crippen LogP contribution is -2.46. The fourth-order valence-corrected chi connectivity index (χ4v) is 4.21. The molecule has 4 rings (SSSR count). The Kier molecular flexibility index (Phi) is 7.13. The molecule has 0 radical (unpaired) electrons. The molecule has 1 aliphatic rings. The van der Waals surface area contributed by atoms with E-state index in [9.17, 15) is 14.4 Å². The Morgan fingerprint density at radius 3 is 2.73 bits per heavy atom. The molecular weight excluding hydrogens is 444 g/mol. The maximum Gasteiger partial charge on any atom is 0.321 e. The molecule has 10 heteroatoms. The Labute approximate surface area is 194 Å². The minimum absolute atomic E-state index is 0.0572. The Bertz CT molecular complexity index is 1230. The first kappa shape index (κ1) is 22.7. The lowest BCUT2D eigenvalue weighted by atomic mass is 10.2. The third-order valence-electron chi connectivity index (χ3n) is 4.92. The lowest BCUT2D eigenvalue weighted by Gasteiger charge is -2.26. The Morgan fingerprint density at radius 2 is 1.91 bits per heavy atom. The average molecular weight is 469 g/mol. The normalized spacial score (nSPS) is 14.6. The molecule has 1 aromatic heterocycles. The first-order valence-electron chi connectivity index (χ1n) is 10.6. The van der Waals surface area contributed by atoms with E-state index < -0.39 is 11.9 Å². The van der Waals surface area contributed by atoms with Crippen LogP contribution in [0.25, 0.3) is 10.9 Å². The van der Waals surface area contributed by atoms with Gasteiger partial charge in [-0.25, -0.2) is 9.78 Å². The number of nitrogens with one attached hydrogen (secondary N) is 2. The predicted octanol–water partition coefficient (Wildman–Crippen LogP) is 2.56. The summed E-state index contributed by atoms with van der Waals surface area (Å²) in [7, 11) is 0. The van der Waals surface area contributed by atoms with Crippen molar-refractivity contribution in [2.45, 2.75) is 31.1 Å². The van der Waals surface area contributed by atoms with Crippen molar-refractivity contribution in [2.75, 3.05) is 18.9 Å². The first-order chi connectivity index (χ1) is 16.0. The molecule has 0 spiro atoms. The van der Waals surface area contributed by atoms with Crippen molar-refractivity contribution in [1.29, 1.82) is 0 Å². The molecule has 1 unspecified atom stereocenters. The largest absolute Gasteiger partial charge is 0.486 e. The van der Waals surface area contributed by atoms with Crippen molar-refractivity contribution in [3.05, 3.63) is 58.9 Å². The first-order valence-corrected chi connectivity index (χ1v) is 11.6. The summed E-state index contributed by atoms with van der Waals surface area (Å²) in [6.07, 6.45) is 0.389. The number of para-hydroxylation sites is 3. The van der Waals surface area contributed by atoms with E-state index >= 15 is 0 Å². The quantitative estimate of drug-likeness (QED) is 0.405. The third kappa shape index (κ3) is 5.46. The zero-order valence-electron chi connectivity index (χ0n) is 18.1. The summed E-state index contributed by atoms with van der Waals surface area (Å²) in [6, 6.07) is 13.8. The number of aromatic nitrogens is 2. The van der Waals surface area contributed by atoms with E-state index in [4.69, 9.17) is 9.47 Å². The van der Waals surface area contributed by atoms with Crippen molar-refractivity contribution in [3.8, 4) is 11.5 Å². The molecule has 0 saturated heterocycles. The summed E-state index contributed by atoms with van der Waals surface area (Å²) in [4.78, 5) is 41.8. The van der Waals surface area contributed by atoms with E-state index in [2.05, 4.69) is 15.6 Å². The zero-order chi connectivity index (χ0) is 23.2. The minimum Gasteiger partial charge on any atom is -0.486 e. The molecule has 0 fully saturated rings. The monoisotopic (exact) mass is 468 g/mol. The van der Waals surface area contributed by atoms with Gasteiger partial charge in [0.1, 0.15) is 6.61 Å². The molecule has 2 N–H and O–H groups in total. The molecule has 1 aliphatic heterocycles. The van der Waals surface area contributed by atoms with Crippen LogP contribution in [0, 0.1) is 0 Å². The predicted molar refractivity (Wildman–Crippen MR) is 125 cm³/mol. The fraction of sp³-hybridized carbons (Fsp3) is 0.304. The van der Waals surface area contributed by atoms with Crippen molar-refractivity contribution < 1.29 is 19.1 Å². The number of hydrogen-bond acceptors (Lipinski definition) is 7. The molecular formula is C23H24N4O5S. The van der Waals surface area contributed by atoms with Crippen LogP contribution in [0.1, 0.15) is 13.3 Å². The second-order valence-electron chi connectivity index (χ2n) is 7.41. The van der Waals surface area contributed by atoms with Crippen LogP contribution >= 0.6 is 11.8 Å². The van der Waals surface area contributed by atoms with Gasteiger partial charge in [0.05, 0.1) is 23.2 Å². The van der Waals surface area contributed by atoms with Crippen molar-refractivity contribution >= 4 is 34.6 Å². The van der Waals surface area contributed by atoms with E-state index in [0.717, 1.165) is 18.2 Å². The number of ether oxygens (including phenoxy) is 2. The van der Waals surface area contributed by atoms with E-state index in [1.165, 1.54) is 0 Å². The van der Waals surface area contributed by atoms with Crippen LogP contribution in [0.3, 0.4) is 0 Å². The van der Waals surface area contributed by atoms with Gasteiger partial charge in [0.15, 0.2) is 22.8 Å². The molecule has 0 saturated carbocycles. The maximum absolute atomic E-state index is 12.8. The molecule has 0 bridgehead atoms. The highest BCUT2D eigenvalue weighted by molar-refractivity contribution is 7.99. The summed E-state index contributed by atoms with van der Waals surface area (Å²) < 4.78 is 13.0. The summed E-state index contributed by atoms with van der Waals surface area (Å²) in [5, 5.41) is 5.90. The highest BCUT2D eigenvalue weighted by atomic mass is 32.2. The number of urea groups is 1. The topological polar surface area (TPSA) is 112 Å². The Hall–Kier alpha value is -3.53. The summed E-state index contributed by atoms with van der Waals surface area (Å²) in [5.41, 5.74) is 0.436. The van der Waals surface area contributed by atoms with Crippen molar-refractivity contribution in [3.63, 3.8) is 0 Å². The van der Waals surface area contributed by atoms with Gasteiger partial charge in [-0.1, -0.05) is 43.0 Å². The van der Waals surface area contributed by atoms with Crippen molar-refractivity contribution in [2.24, 2.45) is 0 Å². The molecule has 2 heterocycles. The van der Waals surface area contributed by atoms with Gasteiger partial charge in [-0.2, -0.15) is 0 Å². The molecule has 172 valence electrons. The lowest BCUT2D eigenvalue weighted by molar-refractivity contribution is -0.117. The number of benzene rings is 2. The van der Waals surface area contributed by atoms with E-state index in [1.54, 1.807) is 28.8 Å². The number of nitrogens with zero attached hydrogens (tertiary/aromatic N) is 2. The zero-order valence-corrected chi connectivity index (χ0v) is 18.9. The number of rotatable bonds is 7. The van der Waals surface area contributed by atoms with Crippen LogP contribution in [-0.4, -0.2) is 46.5 Å². The van der Waals surface area contributed by atoms with Gasteiger partial charge < -0.3 is 14.8 Å². The second-order valence-corrected chi connectivity index (χ2v) is 8.36. The van der Waals surface area contributed by atoms with Gasteiger partial charge in [-0.15, -0.1) is 0 Å². The van der Waals surface area contributed by atoms with Crippen molar-refractivity contribution in [1.82, 2.24) is 20.2 Å². The maximum atomic E-state index is 12.8. The number of carbonyl (C=O) groups excluding carboxylic acids is 2. The molecule has 9 nitrogen and oxygen atoms in total. The van der Waals surface area contributed by atoms with Gasteiger partial charge >= 0.3 is 6.03 Å². The van der Waals surface area contributed by atoms with Gasteiger partial charge in [-0.05, 0) is 30.7 Å². The van der Waals surface area contributed by atoms with Gasteiger partial charge in [0, 0.05) is 6.54 Å². The second kappa shape index (κ2) is 10.4. The molecule has 3 amide bonds. The number of amides is 3. The number of imide groups is 1. The summed E-state index contributed by atoms with van der Waals surface area (Å²) >= 11 is 1.12. The number of carbonyl (C=O) groups is 2. The molecule has 1 atom stereocenters. The van der Waals surface area contributed by atoms with E-state index in [0.29, 0.717) is 40.7 Å². The van der Waals surface area contributed by atoms with Crippen LogP contribution in [0.5, 0.6) is 11.5 Å². The third-order valence-corrected chi connectivity index (χ3v) is 5.89. The summed E-state index contributed by atoms with van der Waals surface area (Å²) in [6.45, 7) is 2.94. The highest BCUT2D eigenvalue weighted by Gasteiger charge is 2.21. The Morgan fingerprint density at radius 1 is 1.15 bits per heavy atom. The van der Waals surface area contributed by atoms with E-state index in [1.807, 2.05) is 31.2 Å². The fourth-order valence-electron chi connectivity index (χ4n) is 3.39. The minimum atomic E-state index is -0.625. The van der Waals surface area contributed by atoms with Crippen LogP contribution in [0.15, 0.2) is 58.5 Å². The average Bonchev–Trinajstić information content (AvgIpc) is 2.83. The van der Waals surface area contributed by atoms with Gasteiger partial charge in [0.2, 0.25) is 5.91 Å². The molecule has 3 aromatic rings. The van der Waals surface area contributed by atoms with Crippen LogP contribution in [0.4, 0.5) is 4.79 Å². The standard InChI is InChI=1S/C23H24N4O5S/c1-2-11-27-21(29)16-7-3-4-8-17(16)25-23(27)33-14-20(28)26-22(30)24-12-15-13-31-18-9-5-6-10-19(18)32-15/h3-10,15H,2,11-14H2,1H3,(H2,24,26,28,30). The Balaban J connectivity index is 1.30. The number of hydrogen-bond donors (Lipinski definition) is 2. The summed E-state index contributed by atoms with van der Waals surface area (Å²) in [5.74, 6) is 0.728. The van der Waals surface area contributed by atoms with E-state index in [-0.39, 0.29) is 24.0 Å². The van der Waals surface area contributed by atoms with Crippen LogP contribution < -0.4 is 25.7 Å². The van der Waals surface area contributed by atoms with Gasteiger partial charge in [0.25, 0.3) is 5.56 Å². The van der Waals surface area contributed by atoms with Crippen LogP contribution in [-0.2, 0) is 11.3 Å². The SMILES string of the molecule is CCCn1c(SCC(=O)NC(=O)NCC2COc3ccccc3O2)nc2ccccc2c1=O. The highest BCUT2D eigenvalue weighted by Crippen LogP contribution is 2.30.